The van der Waals surface area contributed by atoms with Crippen molar-refractivity contribution < 1.29 is 14.3 Å². The number of ether oxygens (including phenoxy) is 2. The Morgan fingerprint density at radius 1 is 1.13 bits per heavy atom. The molecule has 2 aromatic carbocycles. The summed E-state index contributed by atoms with van der Waals surface area (Å²) in [5.41, 5.74) is 4.99. The van der Waals surface area contributed by atoms with Crippen LogP contribution < -0.4 is 14.9 Å². The van der Waals surface area contributed by atoms with E-state index in [4.69, 9.17) is 14.7 Å². The average molecular weight is 307 g/mol. The molecule has 1 amide bonds. The van der Waals surface area contributed by atoms with Crippen molar-refractivity contribution in [2.75, 3.05) is 6.79 Å². The highest BCUT2D eigenvalue weighted by Gasteiger charge is 2.16. The van der Waals surface area contributed by atoms with Crippen LogP contribution in [0, 0.1) is 11.3 Å². The Morgan fingerprint density at radius 2 is 1.83 bits per heavy atom. The molecule has 0 spiro atoms. The van der Waals surface area contributed by atoms with Crippen LogP contribution in [0.2, 0.25) is 0 Å². The SMILES string of the molecule is C/C(=N/NC(=O)c1ccc2c(c1)OCO2)c1ccc(C#N)cc1. The number of fused-ring (bicyclic) bond motifs is 1. The molecule has 0 saturated heterocycles. The van der Waals surface area contributed by atoms with E-state index in [1.54, 1.807) is 49.4 Å². The van der Waals surface area contributed by atoms with E-state index in [9.17, 15) is 4.79 Å². The number of hydrazone groups is 1. The molecule has 6 heteroatoms. The Balaban J connectivity index is 1.71. The van der Waals surface area contributed by atoms with Gasteiger partial charge >= 0.3 is 0 Å². The molecule has 1 aliphatic rings. The van der Waals surface area contributed by atoms with Crippen molar-refractivity contribution >= 4 is 11.6 Å². The third-order valence-electron chi connectivity index (χ3n) is 3.39. The Labute approximate surface area is 133 Å². The van der Waals surface area contributed by atoms with E-state index in [0.29, 0.717) is 28.3 Å². The molecule has 0 radical (unpaired) electrons. The molecule has 0 unspecified atom stereocenters. The van der Waals surface area contributed by atoms with E-state index in [1.165, 1.54) is 0 Å². The second-order valence-corrected chi connectivity index (χ2v) is 4.90. The van der Waals surface area contributed by atoms with Gasteiger partial charge in [-0.25, -0.2) is 5.43 Å². The van der Waals surface area contributed by atoms with Gasteiger partial charge in [-0.05, 0) is 42.8 Å². The fraction of sp³-hybridized carbons (Fsp3) is 0.118. The largest absolute Gasteiger partial charge is 0.454 e. The van der Waals surface area contributed by atoms with E-state index in [0.717, 1.165) is 5.56 Å². The summed E-state index contributed by atoms with van der Waals surface area (Å²) in [6, 6.07) is 14.0. The third-order valence-corrected chi connectivity index (χ3v) is 3.39. The lowest BCUT2D eigenvalue weighted by molar-refractivity contribution is 0.0954. The highest BCUT2D eigenvalue weighted by molar-refractivity contribution is 6.01. The maximum absolute atomic E-state index is 12.1. The Morgan fingerprint density at radius 3 is 2.57 bits per heavy atom. The van der Waals surface area contributed by atoms with Crippen molar-refractivity contribution in [3.8, 4) is 17.6 Å². The second kappa shape index (κ2) is 6.20. The fourth-order valence-corrected chi connectivity index (χ4v) is 2.09. The molecule has 6 nitrogen and oxygen atoms in total. The molecule has 114 valence electrons. The molecule has 3 rings (SSSR count). The van der Waals surface area contributed by atoms with Crippen LogP contribution >= 0.6 is 0 Å². The van der Waals surface area contributed by atoms with Gasteiger partial charge in [0.2, 0.25) is 6.79 Å². The molecule has 0 aromatic heterocycles. The number of nitrogens with zero attached hydrogens (tertiary/aromatic N) is 2. The van der Waals surface area contributed by atoms with Crippen LogP contribution in [0.4, 0.5) is 0 Å². The van der Waals surface area contributed by atoms with Gasteiger partial charge in [0.1, 0.15) is 0 Å². The number of carbonyl (C=O) groups is 1. The predicted molar refractivity (Wildman–Crippen MR) is 83.4 cm³/mol. The van der Waals surface area contributed by atoms with Crippen molar-refractivity contribution in [2.24, 2.45) is 5.10 Å². The van der Waals surface area contributed by atoms with Crippen LogP contribution in [0.5, 0.6) is 11.5 Å². The quantitative estimate of drug-likeness (QED) is 0.697. The number of amides is 1. The van der Waals surface area contributed by atoms with Crippen LogP contribution in [0.3, 0.4) is 0 Å². The minimum absolute atomic E-state index is 0.163. The van der Waals surface area contributed by atoms with Gasteiger partial charge in [-0.2, -0.15) is 10.4 Å². The average Bonchev–Trinajstić information content (AvgIpc) is 3.07. The lowest BCUT2D eigenvalue weighted by Crippen LogP contribution is -2.19. The molecule has 2 aromatic rings. The van der Waals surface area contributed by atoms with Gasteiger partial charge in [-0.15, -0.1) is 0 Å². The molecule has 1 N–H and O–H groups in total. The first kappa shape index (κ1) is 14.6. The maximum atomic E-state index is 12.1. The molecule has 0 fully saturated rings. The number of nitriles is 1. The standard InChI is InChI=1S/C17H13N3O3/c1-11(13-4-2-12(9-18)3-5-13)19-20-17(21)14-6-7-15-16(8-14)23-10-22-15/h2-8H,10H2,1H3,(H,20,21)/b19-11-. The summed E-state index contributed by atoms with van der Waals surface area (Å²) in [4.78, 5) is 12.1. The summed E-state index contributed by atoms with van der Waals surface area (Å²) in [5.74, 6) is 0.834. The minimum atomic E-state index is -0.337. The third kappa shape index (κ3) is 3.14. The Hall–Kier alpha value is -3.33. The number of carbonyl (C=O) groups excluding carboxylic acids is 1. The molecule has 23 heavy (non-hydrogen) atoms. The summed E-state index contributed by atoms with van der Waals surface area (Å²) in [7, 11) is 0. The monoisotopic (exact) mass is 307 g/mol. The normalized spacial score (nSPS) is 12.6. The number of benzene rings is 2. The van der Waals surface area contributed by atoms with E-state index >= 15 is 0 Å². The first-order chi connectivity index (χ1) is 11.2. The van der Waals surface area contributed by atoms with Gasteiger partial charge in [0.25, 0.3) is 5.91 Å². The first-order valence-corrected chi connectivity index (χ1v) is 6.92. The highest BCUT2D eigenvalue weighted by Crippen LogP contribution is 2.32. The molecular weight excluding hydrogens is 294 g/mol. The van der Waals surface area contributed by atoms with E-state index < -0.39 is 0 Å². The van der Waals surface area contributed by atoms with Gasteiger partial charge < -0.3 is 9.47 Å². The maximum Gasteiger partial charge on any atom is 0.271 e. The van der Waals surface area contributed by atoms with Gasteiger partial charge in [0.15, 0.2) is 11.5 Å². The lowest BCUT2D eigenvalue weighted by Gasteiger charge is -2.04. The summed E-state index contributed by atoms with van der Waals surface area (Å²) >= 11 is 0. The number of hydrogen-bond donors (Lipinski definition) is 1. The predicted octanol–water partition coefficient (Wildman–Crippen LogP) is 2.44. The molecule has 1 heterocycles. The zero-order valence-electron chi connectivity index (χ0n) is 12.4. The van der Waals surface area contributed by atoms with E-state index in [-0.39, 0.29) is 12.7 Å². The van der Waals surface area contributed by atoms with E-state index in [2.05, 4.69) is 16.6 Å². The molecule has 0 saturated carbocycles. The van der Waals surface area contributed by atoms with Crippen molar-refractivity contribution in [2.45, 2.75) is 6.92 Å². The molecule has 1 aliphatic heterocycles. The molecule has 0 atom stereocenters. The lowest BCUT2D eigenvalue weighted by atomic mass is 10.1. The van der Waals surface area contributed by atoms with Crippen LogP contribution in [-0.4, -0.2) is 18.4 Å². The van der Waals surface area contributed by atoms with Gasteiger partial charge in [0.05, 0.1) is 17.3 Å². The summed E-state index contributed by atoms with van der Waals surface area (Å²) in [5, 5.41) is 12.9. The van der Waals surface area contributed by atoms with Crippen LogP contribution in [0.15, 0.2) is 47.6 Å². The van der Waals surface area contributed by atoms with Gasteiger partial charge in [-0.3, -0.25) is 4.79 Å². The second-order valence-electron chi connectivity index (χ2n) is 4.90. The minimum Gasteiger partial charge on any atom is -0.454 e. The summed E-state index contributed by atoms with van der Waals surface area (Å²) < 4.78 is 10.4. The van der Waals surface area contributed by atoms with E-state index in [1.807, 2.05) is 0 Å². The first-order valence-electron chi connectivity index (χ1n) is 6.92. The van der Waals surface area contributed by atoms with Gasteiger partial charge in [-0.1, -0.05) is 12.1 Å². The molecular formula is C17H13N3O3. The zero-order chi connectivity index (χ0) is 16.2. The van der Waals surface area contributed by atoms with Crippen molar-refractivity contribution in [3.63, 3.8) is 0 Å². The number of hydrogen-bond acceptors (Lipinski definition) is 5. The molecule has 0 aliphatic carbocycles. The fourth-order valence-electron chi connectivity index (χ4n) is 2.09. The Bertz CT molecular complexity index is 820. The van der Waals surface area contributed by atoms with Crippen molar-refractivity contribution in [3.05, 3.63) is 59.2 Å². The zero-order valence-corrected chi connectivity index (χ0v) is 12.4. The van der Waals surface area contributed by atoms with Gasteiger partial charge in [0, 0.05) is 5.56 Å². The smallest absolute Gasteiger partial charge is 0.271 e. The van der Waals surface area contributed by atoms with Crippen molar-refractivity contribution in [1.29, 1.82) is 5.26 Å². The topological polar surface area (TPSA) is 83.7 Å². The molecule has 0 bridgehead atoms. The van der Waals surface area contributed by atoms with Crippen LogP contribution in [0.1, 0.15) is 28.4 Å². The summed E-state index contributed by atoms with van der Waals surface area (Å²) in [6.07, 6.45) is 0. The summed E-state index contributed by atoms with van der Waals surface area (Å²) in [6.45, 7) is 1.94. The number of nitrogens with one attached hydrogen (secondary N) is 1. The highest BCUT2D eigenvalue weighted by atomic mass is 16.7. The number of rotatable bonds is 3. The Kier molecular flexibility index (Phi) is 3.93. The van der Waals surface area contributed by atoms with Crippen LogP contribution in [-0.2, 0) is 0 Å². The van der Waals surface area contributed by atoms with Crippen molar-refractivity contribution in [1.82, 2.24) is 5.43 Å². The van der Waals surface area contributed by atoms with Crippen LogP contribution in [0.25, 0.3) is 0 Å².